The normalized spacial score (nSPS) is 18.4. The van der Waals surface area contributed by atoms with Gasteiger partial charge in [0.25, 0.3) is 0 Å². The molecule has 2 aliphatic rings. The molecule has 3 heterocycles. The predicted octanol–water partition coefficient (Wildman–Crippen LogP) is 0.362. The summed E-state index contributed by atoms with van der Waals surface area (Å²) >= 11 is 0. The molecule has 2 aliphatic heterocycles. The first-order chi connectivity index (χ1) is 9.90. The van der Waals surface area contributed by atoms with Gasteiger partial charge >= 0.3 is 0 Å². The molecule has 0 radical (unpaired) electrons. The molecule has 1 aromatic heterocycles. The fourth-order valence-corrected chi connectivity index (χ4v) is 2.20. The van der Waals surface area contributed by atoms with Crippen LogP contribution >= 0.6 is 0 Å². The second-order valence-corrected chi connectivity index (χ2v) is 4.78. The molecule has 2 saturated heterocycles. The van der Waals surface area contributed by atoms with Crippen molar-refractivity contribution < 1.29 is 4.79 Å². The second kappa shape index (κ2) is 8.30. The Morgan fingerprint density at radius 3 is 2.40 bits per heavy atom. The number of hydrogen-bond acceptors (Lipinski definition) is 6. The Hall–Kier alpha value is -1.91. The lowest BCUT2D eigenvalue weighted by molar-refractivity contribution is 0.551. The fraction of sp³-hybridized carbons (Fsp3) is 0.571. The molecule has 0 saturated carbocycles. The topological polar surface area (TPSA) is 70.2 Å². The summed E-state index contributed by atoms with van der Waals surface area (Å²) in [5.41, 5.74) is 0.635. The van der Waals surface area contributed by atoms with Crippen LogP contribution in [0.5, 0.6) is 0 Å². The van der Waals surface area contributed by atoms with Crippen molar-refractivity contribution in [1.29, 1.82) is 0 Å². The van der Waals surface area contributed by atoms with Gasteiger partial charge in [0.15, 0.2) is 0 Å². The molecule has 3 rings (SSSR count). The van der Waals surface area contributed by atoms with Crippen molar-refractivity contribution in [3.8, 4) is 0 Å². The Bertz CT molecular complexity index is 430. The number of nitrogens with zero attached hydrogens (tertiary/aromatic N) is 3. The van der Waals surface area contributed by atoms with Crippen molar-refractivity contribution in [3.63, 3.8) is 0 Å². The van der Waals surface area contributed by atoms with Crippen molar-refractivity contribution >= 4 is 11.9 Å². The van der Waals surface area contributed by atoms with E-state index in [-0.39, 0.29) is 0 Å². The van der Waals surface area contributed by atoms with E-state index in [1.54, 1.807) is 18.3 Å². The van der Waals surface area contributed by atoms with E-state index in [0.717, 1.165) is 32.1 Å². The highest BCUT2D eigenvalue weighted by molar-refractivity contribution is 5.52. The molecule has 2 N–H and O–H groups in total. The fourth-order valence-electron chi connectivity index (χ4n) is 2.20. The number of carbonyl (C=O) groups excluding carboxylic acids is 1. The van der Waals surface area contributed by atoms with Crippen molar-refractivity contribution in [2.45, 2.75) is 19.3 Å². The minimum absolute atomic E-state index is 0.635. The summed E-state index contributed by atoms with van der Waals surface area (Å²) in [6.07, 6.45) is 7.51. The van der Waals surface area contributed by atoms with Crippen LogP contribution in [0.25, 0.3) is 0 Å². The summed E-state index contributed by atoms with van der Waals surface area (Å²) in [7, 11) is 0. The van der Waals surface area contributed by atoms with Crippen molar-refractivity contribution in [3.05, 3.63) is 24.2 Å². The van der Waals surface area contributed by atoms with E-state index in [9.17, 15) is 4.79 Å². The molecule has 2 fully saturated rings. The van der Waals surface area contributed by atoms with Crippen LogP contribution in [0.3, 0.4) is 0 Å². The van der Waals surface area contributed by atoms with Crippen LogP contribution in [0.2, 0.25) is 0 Å². The molecule has 0 aromatic carbocycles. The quantitative estimate of drug-likeness (QED) is 0.721. The Kier molecular flexibility index (Phi) is 6.02. The third-order valence-electron chi connectivity index (χ3n) is 3.26. The van der Waals surface area contributed by atoms with Crippen LogP contribution in [0.1, 0.15) is 19.3 Å². The molecule has 6 nitrogen and oxygen atoms in total. The molecule has 0 atom stereocenters. The molecule has 0 bridgehead atoms. The minimum Gasteiger partial charge on any atom is -0.377 e. The third-order valence-corrected chi connectivity index (χ3v) is 3.26. The van der Waals surface area contributed by atoms with Crippen LogP contribution < -0.4 is 15.5 Å². The predicted molar refractivity (Wildman–Crippen MR) is 78.2 cm³/mol. The maximum absolute atomic E-state index is 9.90. The molecule has 6 heteroatoms. The summed E-state index contributed by atoms with van der Waals surface area (Å²) in [5, 5.41) is 5.92. The number of aromatic nitrogens is 2. The highest BCUT2D eigenvalue weighted by atomic mass is 16.1. The van der Waals surface area contributed by atoms with E-state index in [1.807, 2.05) is 6.07 Å². The third kappa shape index (κ3) is 4.64. The van der Waals surface area contributed by atoms with Crippen LogP contribution in [-0.2, 0) is 4.79 Å². The van der Waals surface area contributed by atoms with Gasteiger partial charge in [-0.15, -0.1) is 0 Å². The first-order valence-corrected chi connectivity index (χ1v) is 7.10. The largest absolute Gasteiger partial charge is 0.377 e. The van der Waals surface area contributed by atoms with E-state index in [0.29, 0.717) is 12.2 Å². The smallest absolute Gasteiger partial charge is 0.225 e. The lowest BCUT2D eigenvalue weighted by atomic mass is 10.1. The molecule has 0 amide bonds. The molecule has 108 valence electrons. The average Bonchev–Trinajstić information content (AvgIpc) is 2.58. The zero-order valence-corrected chi connectivity index (χ0v) is 11.6. The Morgan fingerprint density at radius 1 is 1.10 bits per heavy atom. The van der Waals surface area contributed by atoms with Crippen LogP contribution in [0.15, 0.2) is 24.2 Å². The molecule has 1 aromatic rings. The SMILES string of the molecule is O=C=C1CNCCN1.c1cnc(N2CCCCC2)nc1. The van der Waals surface area contributed by atoms with Crippen LogP contribution in [-0.4, -0.2) is 48.6 Å². The number of anilines is 1. The highest BCUT2D eigenvalue weighted by Crippen LogP contribution is 2.13. The summed E-state index contributed by atoms with van der Waals surface area (Å²) in [5.74, 6) is 2.68. The van der Waals surface area contributed by atoms with Gasteiger partial charge in [-0.1, -0.05) is 0 Å². The maximum atomic E-state index is 9.90. The standard InChI is InChI=1S/C9H13N3.C5H8N2O/c1-2-7-12(8-3-1)9-10-5-4-6-11-9;8-4-5-3-6-1-2-7-5/h4-6H,1-3,7-8H2;6-7H,1-3H2. The van der Waals surface area contributed by atoms with Crippen molar-refractivity contribution in [2.24, 2.45) is 0 Å². The van der Waals surface area contributed by atoms with Gasteiger partial charge < -0.3 is 15.5 Å². The number of piperazine rings is 1. The first-order valence-electron chi connectivity index (χ1n) is 7.10. The molecule has 0 unspecified atom stereocenters. The first kappa shape index (κ1) is 14.5. The Labute approximate surface area is 119 Å². The summed E-state index contributed by atoms with van der Waals surface area (Å²) in [6.45, 7) is 4.65. The van der Waals surface area contributed by atoms with Crippen molar-refractivity contribution in [1.82, 2.24) is 20.6 Å². The van der Waals surface area contributed by atoms with Crippen LogP contribution in [0, 0.1) is 0 Å². The van der Waals surface area contributed by atoms with Gasteiger partial charge in [-0.2, -0.15) is 0 Å². The number of rotatable bonds is 1. The molecule has 0 spiro atoms. The maximum Gasteiger partial charge on any atom is 0.225 e. The number of hydrogen-bond donors (Lipinski definition) is 2. The zero-order chi connectivity index (χ0) is 14.0. The zero-order valence-electron chi connectivity index (χ0n) is 11.6. The molecule has 0 aliphatic carbocycles. The molecule has 20 heavy (non-hydrogen) atoms. The molecular formula is C14H21N5O. The van der Waals surface area contributed by atoms with Crippen molar-refractivity contribution in [2.75, 3.05) is 37.6 Å². The van der Waals surface area contributed by atoms with Gasteiger partial charge in [0.2, 0.25) is 5.95 Å². The lowest BCUT2D eigenvalue weighted by Crippen LogP contribution is -2.38. The van der Waals surface area contributed by atoms with E-state index in [4.69, 9.17) is 0 Å². The number of nitrogens with one attached hydrogen (secondary N) is 2. The van der Waals surface area contributed by atoms with Gasteiger partial charge in [-0.25, -0.2) is 14.8 Å². The Morgan fingerprint density at radius 2 is 1.85 bits per heavy atom. The van der Waals surface area contributed by atoms with E-state index >= 15 is 0 Å². The van der Waals surface area contributed by atoms with Gasteiger partial charge in [0, 0.05) is 45.1 Å². The lowest BCUT2D eigenvalue weighted by Gasteiger charge is -2.26. The summed E-state index contributed by atoms with van der Waals surface area (Å²) in [4.78, 5) is 20.6. The van der Waals surface area contributed by atoms with Gasteiger partial charge in [-0.3, -0.25) is 0 Å². The van der Waals surface area contributed by atoms with Gasteiger partial charge in [0.05, 0.1) is 0 Å². The van der Waals surface area contributed by atoms with Gasteiger partial charge in [-0.05, 0) is 25.3 Å². The minimum atomic E-state index is 0.635. The van der Waals surface area contributed by atoms with E-state index in [2.05, 4.69) is 25.5 Å². The number of piperidine rings is 1. The summed E-state index contributed by atoms with van der Waals surface area (Å²) < 4.78 is 0. The van der Waals surface area contributed by atoms with Crippen LogP contribution in [0.4, 0.5) is 5.95 Å². The monoisotopic (exact) mass is 275 g/mol. The Balaban J connectivity index is 0.000000160. The average molecular weight is 275 g/mol. The molecular weight excluding hydrogens is 254 g/mol. The van der Waals surface area contributed by atoms with E-state index < -0.39 is 0 Å². The second-order valence-electron chi connectivity index (χ2n) is 4.78. The summed E-state index contributed by atoms with van der Waals surface area (Å²) in [6, 6.07) is 1.85. The van der Waals surface area contributed by atoms with Gasteiger partial charge in [0.1, 0.15) is 11.6 Å². The highest BCUT2D eigenvalue weighted by Gasteiger charge is 2.11. The van der Waals surface area contributed by atoms with E-state index in [1.165, 1.54) is 19.3 Å².